The highest BCUT2D eigenvalue weighted by molar-refractivity contribution is 5.59. The van der Waals surface area contributed by atoms with Gasteiger partial charge in [-0.2, -0.15) is 0 Å². The third kappa shape index (κ3) is 5.69. The molecule has 11 nitrogen and oxygen atoms in total. The Morgan fingerprint density at radius 2 is 1.78 bits per heavy atom. The van der Waals surface area contributed by atoms with Crippen LogP contribution < -0.4 is 9.47 Å². The molecular weight excluding hydrogens is 486 g/mol. The first-order valence-electron chi connectivity index (χ1n) is 11.1. The molecule has 1 aliphatic rings. The fourth-order valence-corrected chi connectivity index (χ4v) is 3.91. The highest BCUT2D eigenvalue weighted by atomic mass is 19.1. The lowest BCUT2D eigenvalue weighted by atomic mass is 9.99. The molecule has 0 amide bonds. The first-order chi connectivity index (χ1) is 17.0. The number of aliphatic hydroxyl groups excluding tert-OH is 3. The molecule has 0 bridgehead atoms. The summed E-state index contributed by atoms with van der Waals surface area (Å²) in [5.74, 6) is -2.27. The van der Waals surface area contributed by atoms with Crippen LogP contribution in [0.1, 0.15) is 36.7 Å². The number of nitrogens with zero attached hydrogens (tertiary/aromatic N) is 2. The van der Waals surface area contributed by atoms with Gasteiger partial charge >= 0.3 is 6.16 Å². The lowest BCUT2D eigenvalue weighted by molar-refractivity contribution is -0.278. The normalized spacial score (nSPS) is 24.0. The molecule has 5 atom stereocenters. The second-order valence-electron chi connectivity index (χ2n) is 8.57. The molecule has 200 valence electrons. The summed E-state index contributed by atoms with van der Waals surface area (Å²) < 4.78 is 55.5. The van der Waals surface area contributed by atoms with Crippen molar-refractivity contribution < 1.29 is 52.6 Å². The second-order valence-corrected chi connectivity index (χ2v) is 8.57. The van der Waals surface area contributed by atoms with Crippen LogP contribution in [0, 0.1) is 18.6 Å². The zero-order valence-corrected chi connectivity index (χ0v) is 20.5. The van der Waals surface area contributed by atoms with E-state index in [0.29, 0.717) is 11.3 Å². The molecule has 1 aromatic heterocycles. The Bertz CT molecular complexity index is 1060. The standard InChI is InChI=1S/C23H30F2N2O9/c1-10(2)27-11(3)13(6-12-7-14(24)20(32-4)15(25)8-12)21(26-27)36-22-19(30)18(29)17(28)16(35-22)9-34-23(31)33-5/h7-8,10,16-19,22,28-30H,6,9H2,1-5H3/t16-,17-,18+,19-,22+/m1/s1. The van der Waals surface area contributed by atoms with E-state index in [1.807, 2.05) is 13.8 Å². The van der Waals surface area contributed by atoms with Gasteiger partial charge in [0.25, 0.3) is 0 Å². The Hall–Kier alpha value is -3.00. The van der Waals surface area contributed by atoms with Gasteiger partial charge in [0.05, 0.1) is 14.2 Å². The lowest BCUT2D eigenvalue weighted by Crippen LogP contribution is -2.60. The summed E-state index contributed by atoms with van der Waals surface area (Å²) in [6.07, 6.45) is -8.78. The molecule has 1 aromatic carbocycles. The number of halogens is 2. The van der Waals surface area contributed by atoms with Crippen LogP contribution in [0.5, 0.6) is 11.6 Å². The van der Waals surface area contributed by atoms with Crippen LogP contribution in [0.3, 0.4) is 0 Å². The maximum absolute atomic E-state index is 14.3. The van der Waals surface area contributed by atoms with Gasteiger partial charge in [-0.05, 0) is 38.5 Å². The maximum Gasteiger partial charge on any atom is 0.508 e. The summed E-state index contributed by atoms with van der Waals surface area (Å²) in [6.45, 7) is 4.99. The maximum atomic E-state index is 14.3. The molecule has 3 rings (SSSR count). The molecule has 13 heteroatoms. The average molecular weight is 516 g/mol. The predicted molar refractivity (Wildman–Crippen MR) is 119 cm³/mol. The summed E-state index contributed by atoms with van der Waals surface area (Å²) in [6, 6.07) is 2.14. The van der Waals surface area contributed by atoms with Crippen molar-refractivity contribution in [3.8, 4) is 11.6 Å². The van der Waals surface area contributed by atoms with Crippen LogP contribution in [-0.4, -0.2) is 82.8 Å². The zero-order valence-electron chi connectivity index (χ0n) is 20.5. The highest BCUT2D eigenvalue weighted by Gasteiger charge is 2.46. The van der Waals surface area contributed by atoms with Gasteiger partial charge in [-0.15, -0.1) is 5.10 Å². The average Bonchev–Trinajstić information content (AvgIpc) is 3.13. The van der Waals surface area contributed by atoms with E-state index in [2.05, 4.69) is 9.84 Å². The van der Waals surface area contributed by atoms with E-state index in [4.69, 9.17) is 18.9 Å². The topological polar surface area (TPSA) is 142 Å². The number of methoxy groups -OCH3 is 2. The van der Waals surface area contributed by atoms with Gasteiger partial charge in [-0.25, -0.2) is 13.6 Å². The van der Waals surface area contributed by atoms with E-state index in [1.165, 1.54) is 0 Å². The summed E-state index contributed by atoms with van der Waals surface area (Å²) in [5, 5.41) is 35.4. The van der Waals surface area contributed by atoms with Crippen molar-refractivity contribution in [3.63, 3.8) is 0 Å². The number of carbonyl (C=O) groups excluding carboxylic acids is 1. The number of hydrogen-bond acceptors (Lipinski definition) is 10. The van der Waals surface area contributed by atoms with Gasteiger partial charge in [0, 0.05) is 23.7 Å². The fraction of sp³-hybridized carbons (Fsp3) is 0.565. The highest BCUT2D eigenvalue weighted by Crippen LogP contribution is 2.32. The van der Waals surface area contributed by atoms with Crippen molar-refractivity contribution in [2.45, 2.75) is 63.9 Å². The number of ether oxygens (including phenoxy) is 5. The largest absolute Gasteiger partial charge is 0.508 e. The Kier molecular flexibility index (Phi) is 8.71. The van der Waals surface area contributed by atoms with E-state index >= 15 is 0 Å². The third-order valence-electron chi connectivity index (χ3n) is 5.80. The molecule has 0 spiro atoms. The van der Waals surface area contributed by atoms with Crippen LogP contribution in [0.4, 0.5) is 13.6 Å². The molecule has 0 unspecified atom stereocenters. The van der Waals surface area contributed by atoms with Crippen molar-refractivity contribution in [2.75, 3.05) is 20.8 Å². The number of aromatic nitrogens is 2. The number of hydrogen-bond donors (Lipinski definition) is 3. The Labute approximate surface area is 206 Å². The minimum Gasteiger partial charge on any atom is -0.491 e. The molecular formula is C23H30F2N2O9. The van der Waals surface area contributed by atoms with Crippen LogP contribution in [-0.2, 0) is 20.6 Å². The molecule has 1 aliphatic heterocycles. The van der Waals surface area contributed by atoms with E-state index in [-0.39, 0.29) is 23.9 Å². The van der Waals surface area contributed by atoms with Gasteiger partial charge in [0.1, 0.15) is 31.0 Å². The second kappa shape index (κ2) is 11.4. The van der Waals surface area contributed by atoms with Crippen molar-refractivity contribution in [1.82, 2.24) is 9.78 Å². The molecule has 1 fully saturated rings. The molecule has 36 heavy (non-hydrogen) atoms. The van der Waals surface area contributed by atoms with Gasteiger partial charge in [0.2, 0.25) is 12.2 Å². The summed E-state index contributed by atoms with van der Waals surface area (Å²) in [4.78, 5) is 11.3. The number of benzene rings is 1. The van der Waals surface area contributed by atoms with E-state index < -0.39 is 60.9 Å². The molecule has 0 saturated carbocycles. The van der Waals surface area contributed by atoms with E-state index in [1.54, 1.807) is 11.6 Å². The van der Waals surface area contributed by atoms with Gasteiger partial charge < -0.3 is 39.0 Å². The zero-order chi connectivity index (χ0) is 26.7. The minimum atomic E-state index is -1.70. The van der Waals surface area contributed by atoms with Crippen molar-refractivity contribution in [2.24, 2.45) is 0 Å². The summed E-state index contributed by atoms with van der Waals surface area (Å²) in [5.41, 5.74) is 1.35. The molecule has 0 radical (unpaired) electrons. The molecule has 2 heterocycles. The quantitative estimate of drug-likeness (QED) is 0.443. The van der Waals surface area contributed by atoms with Crippen LogP contribution in [0.2, 0.25) is 0 Å². The lowest BCUT2D eigenvalue weighted by Gasteiger charge is -2.39. The predicted octanol–water partition coefficient (Wildman–Crippen LogP) is 1.62. The molecule has 0 aliphatic carbocycles. The van der Waals surface area contributed by atoms with E-state index in [9.17, 15) is 28.9 Å². The summed E-state index contributed by atoms with van der Waals surface area (Å²) in [7, 11) is 2.26. The monoisotopic (exact) mass is 516 g/mol. The van der Waals surface area contributed by atoms with Crippen LogP contribution in [0.25, 0.3) is 0 Å². The van der Waals surface area contributed by atoms with Crippen molar-refractivity contribution >= 4 is 6.16 Å². The van der Waals surface area contributed by atoms with E-state index in [0.717, 1.165) is 26.4 Å². The first-order valence-corrected chi connectivity index (χ1v) is 11.1. The number of rotatable bonds is 8. The summed E-state index contributed by atoms with van der Waals surface area (Å²) >= 11 is 0. The van der Waals surface area contributed by atoms with Crippen LogP contribution in [0.15, 0.2) is 12.1 Å². The van der Waals surface area contributed by atoms with Gasteiger partial charge in [-0.3, -0.25) is 4.68 Å². The molecule has 1 saturated heterocycles. The van der Waals surface area contributed by atoms with Crippen LogP contribution >= 0.6 is 0 Å². The fourth-order valence-electron chi connectivity index (χ4n) is 3.91. The van der Waals surface area contributed by atoms with Gasteiger partial charge in [0.15, 0.2) is 17.4 Å². The Morgan fingerprint density at radius 3 is 2.33 bits per heavy atom. The smallest absolute Gasteiger partial charge is 0.491 e. The minimum absolute atomic E-state index is 0.00853. The first kappa shape index (κ1) is 27.6. The van der Waals surface area contributed by atoms with Crippen molar-refractivity contribution in [3.05, 3.63) is 40.6 Å². The Balaban J connectivity index is 1.91. The Morgan fingerprint density at radius 1 is 1.14 bits per heavy atom. The molecule has 3 N–H and O–H groups in total. The van der Waals surface area contributed by atoms with Crippen molar-refractivity contribution in [1.29, 1.82) is 0 Å². The number of carbonyl (C=O) groups is 1. The SMILES string of the molecule is COC(=O)OC[C@H]1O[C@@H](Oc2nn(C(C)C)c(C)c2Cc2cc(F)c(OC)c(F)c2)[C@H](O)[C@@H](O)[C@@H]1O. The molecule has 2 aromatic rings. The van der Waals surface area contributed by atoms with Gasteiger partial charge in [-0.1, -0.05) is 0 Å². The number of aliphatic hydroxyl groups is 3. The third-order valence-corrected chi connectivity index (χ3v) is 5.80.